The monoisotopic (exact) mass is 372 g/mol. The molecule has 6 nitrogen and oxygen atoms in total. The first-order chi connectivity index (χ1) is 13.1. The molecule has 0 amide bonds. The summed E-state index contributed by atoms with van der Waals surface area (Å²) >= 11 is 0. The third kappa shape index (κ3) is 5.95. The molecule has 0 aliphatic rings. The van der Waals surface area contributed by atoms with E-state index in [1.807, 2.05) is 31.2 Å². The fourth-order valence-corrected chi connectivity index (χ4v) is 2.35. The smallest absolute Gasteiger partial charge is 0.330 e. The van der Waals surface area contributed by atoms with Crippen molar-refractivity contribution < 1.29 is 28.5 Å². The summed E-state index contributed by atoms with van der Waals surface area (Å²) in [6.45, 7) is 2.45. The van der Waals surface area contributed by atoms with Gasteiger partial charge in [0, 0.05) is 6.08 Å². The highest BCUT2D eigenvalue weighted by Crippen LogP contribution is 2.38. The standard InChI is InChI=1S/C21H24O6/c1-15-5-8-17(9-6-15)26-11-12-27-20(22)10-7-16-13-18(23-2)21(25-4)19(14-16)24-3/h5-10,13-14H,11-12H2,1-4H3. The van der Waals surface area contributed by atoms with Crippen LogP contribution in [0, 0.1) is 6.92 Å². The van der Waals surface area contributed by atoms with Gasteiger partial charge in [0.05, 0.1) is 21.3 Å². The van der Waals surface area contributed by atoms with Crippen molar-refractivity contribution in [2.24, 2.45) is 0 Å². The van der Waals surface area contributed by atoms with Crippen LogP contribution in [0.25, 0.3) is 6.08 Å². The molecule has 0 radical (unpaired) electrons. The van der Waals surface area contributed by atoms with E-state index in [4.69, 9.17) is 23.7 Å². The molecule has 6 heteroatoms. The van der Waals surface area contributed by atoms with E-state index in [1.165, 1.54) is 27.4 Å². The summed E-state index contributed by atoms with van der Waals surface area (Å²) in [4.78, 5) is 11.9. The van der Waals surface area contributed by atoms with E-state index in [2.05, 4.69) is 0 Å². The van der Waals surface area contributed by atoms with Crippen molar-refractivity contribution in [1.29, 1.82) is 0 Å². The SMILES string of the molecule is COc1cc(C=CC(=O)OCCOc2ccc(C)cc2)cc(OC)c1OC. The summed E-state index contributed by atoms with van der Waals surface area (Å²) in [7, 11) is 4.60. The molecule has 2 rings (SSSR count). The Morgan fingerprint density at radius 2 is 1.56 bits per heavy atom. The minimum Gasteiger partial charge on any atom is -0.493 e. The van der Waals surface area contributed by atoms with Crippen molar-refractivity contribution in [3.05, 3.63) is 53.6 Å². The first-order valence-corrected chi connectivity index (χ1v) is 8.41. The van der Waals surface area contributed by atoms with Gasteiger partial charge >= 0.3 is 5.97 Å². The second kappa shape index (κ2) is 10.1. The topological polar surface area (TPSA) is 63.2 Å². The van der Waals surface area contributed by atoms with E-state index < -0.39 is 5.97 Å². The van der Waals surface area contributed by atoms with E-state index in [0.717, 1.165) is 16.9 Å². The van der Waals surface area contributed by atoms with Crippen molar-refractivity contribution in [3.63, 3.8) is 0 Å². The maximum absolute atomic E-state index is 11.9. The average Bonchev–Trinajstić information content (AvgIpc) is 2.70. The normalized spacial score (nSPS) is 10.5. The highest BCUT2D eigenvalue weighted by molar-refractivity contribution is 5.87. The molecule has 27 heavy (non-hydrogen) atoms. The van der Waals surface area contributed by atoms with Crippen LogP contribution in [0.15, 0.2) is 42.5 Å². The van der Waals surface area contributed by atoms with Crippen molar-refractivity contribution in [1.82, 2.24) is 0 Å². The second-order valence-corrected chi connectivity index (χ2v) is 5.62. The predicted molar refractivity (Wildman–Crippen MR) is 103 cm³/mol. The van der Waals surface area contributed by atoms with Crippen LogP contribution in [0.3, 0.4) is 0 Å². The van der Waals surface area contributed by atoms with Crippen LogP contribution in [0.2, 0.25) is 0 Å². The molecule has 2 aromatic carbocycles. The number of carbonyl (C=O) groups is 1. The number of hydrogen-bond donors (Lipinski definition) is 0. The summed E-state index contributed by atoms with van der Waals surface area (Å²) in [5.41, 5.74) is 1.88. The van der Waals surface area contributed by atoms with Crippen LogP contribution in [0.4, 0.5) is 0 Å². The molecule has 0 heterocycles. The molecule has 0 aromatic heterocycles. The van der Waals surface area contributed by atoms with Gasteiger partial charge in [-0.2, -0.15) is 0 Å². The Kier molecular flexibility index (Phi) is 7.55. The number of rotatable bonds is 9. The van der Waals surface area contributed by atoms with Crippen molar-refractivity contribution in [2.45, 2.75) is 6.92 Å². The van der Waals surface area contributed by atoms with Gasteiger partial charge in [-0.05, 0) is 42.8 Å². The van der Waals surface area contributed by atoms with Gasteiger partial charge in [0.1, 0.15) is 19.0 Å². The predicted octanol–water partition coefficient (Wildman–Crippen LogP) is 3.66. The first kappa shape index (κ1) is 20.2. The molecule has 0 atom stereocenters. The van der Waals surface area contributed by atoms with E-state index in [1.54, 1.807) is 18.2 Å². The highest BCUT2D eigenvalue weighted by Gasteiger charge is 2.12. The molecular formula is C21H24O6. The van der Waals surface area contributed by atoms with Gasteiger partial charge in [-0.15, -0.1) is 0 Å². The Morgan fingerprint density at radius 1 is 0.926 bits per heavy atom. The lowest BCUT2D eigenvalue weighted by Gasteiger charge is -2.12. The number of aryl methyl sites for hydroxylation is 1. The van der Waals surface area contributed by atoms with Crippen molar-refractivity contribution >= 4 is 12.0 Å². The van der Waals surface area contributed by atoms with Crippen LogP contribution in [-0.4, -0.2) is 40.5 Å². The van der Waals surface area contributed by atoms with E-state index in [-0.39, 0.29) is 13.2 Å². The van der Waals surface area contributed by atoms with Crippen LogP contribution < -0.4 is 18.9 Å². The second-order valence-electron chi connectivity index (χ2n) is 5.62. The van der Waals surface area contributed by atoms with E-state index >= 15 is 0 Å². The Bertz CT molecular complexity index is 755. The number of esters is 1. The van der Waals surface area contributed by atoms with Crippen molar-refractivity contribution in [2.75, 3.05) is 34.5 Å². The van der Waals surface area contributed by atoms with Crippen LogP contribution in [-0.2, 0) is 9.53 Å². The third-order valence-corrected chi connectivity index (χ3v) is 3.72. The Labute approximate surface area is 159 Å². The lowest BCUT2D eigenvalue weighted by atomic mass is 10.1. The lowest BCUT2D eigenvalue weighted by Crippen LogP contribution is -2.10. The zero-order valence-corrected chi connectivity index (χ0v) is 16.0. The fourth-order valence-electron chi connectivity index (χ4n) is 2.35. The molecule has 0 saturated carbocycles. The van der Waals surface area contributed by atoms with Gasteiger partial charge < -0.3 is 23.7 Å². The molecule has 0 spiro atoms. The summed E-state index contributed by atoms with van der Waals surface area (Å²) in [6.07, 6.45) is 2.96. The van der Waals surface area contributed by atoms with Gasteiger partial charge in [-0.25, -0.2) is 4.79 Å². The van der Waals surface area contributed by atoms with Gasteiger partial charge in [0.2, 0.25) is 5.75 Å². The highest BCUT2D eigenvalue weighted by atomic mass is 16.6. The molecule has 0 aliphatic carbocycles. The molecule has 0 unspecified atom stereocenters. The summed E-state index contributed by atoms with van der Waals surface area (Å²) in [6, 6.07) is 11.2. The zero-order valence-electron chi connectivity index (χ0n) is 16.0. The summed E-state index contributed by atoms with van der Waals surface area (Å²) < 4.78 is 26.5. The molecule has 2 aromatic rings. The maximum Gasteiger partial charge on any atom is 0.330 e. The Balaban J connectivity index is 1.87. The lowest BCUT2D eigenvalue weighted by molar-refractivity contribution is -0.138. The largest absolute Gasteiger partial charge is 0.493 e. The Morgan fingerprint density at radius 3 is 2.11 bits per heavy atom. The number of methoxy groups -OCH3 is 3. The molecular weight excluding hydrogens is 348 g/mol. The molecule has 0 aliphatic heterocycles. The van der Waals surface area contributed by atoms with Gasteiger partial charge in [-0.3, -0.25) is 0 Å². The number of ether oxygens (including phenoxy) is 5. The minimum atomic E-state index is -0.462. The number of carbonyl (C=O) groups excluding carboxylic acids is 1. The fraction of sp³-hybridized carbons (Fsp3) is 0.286. The maximum atomic E-state index is 11.9. The number of benzene rings is 2. The van der Waals surface area contributed by atoms with Gasteiger partial charge in [0.15, 0.2) is 11.5 Å². The summed E-state index contributed by atoms with van der Waals surface area (Å²) in [5.74, 6) is 1.79. The zero-order chi connectivity index (χ0) is 19.6. The third-order valence-electron chi connectivity index (χ3n) is 3.72. The molecule has 0 saturated heterocycles. The summed E-state index contributed by atoms with van der Waals surface area (Å²) in [5, 5.41) is 0. The van der Waals surface area contributed by atoms with Gasteiger partial charge in [0.25, 0.3) is 0 Å². The van der Waals surface area contributed by atoms with Crippen LogP contribution in [0.1, 0.15) is 11.1 Å². The quantitative estimate of drug-likeness (QED) is 0.380. The molecule has 0 N–H and O–H groups in total. The Hall–Kier alpha value is -3.15. The van der Waals surface area contributed by atoms with Crippen molar-refractivity contribution in [3.8, 4) is 23.0 Å². The number of hydrogen-bond acceptors (Lipinski definition) is 6. The average molecular weight is 372 g/mol. The minimum absolute atomic E-state index is 0.159. The van der Waals surface area contributed by atoms with E-state index in [0.29, 0.717) is 17.2 Å². The van der Waals surface area contributed by atoms with Crippen LogP contribution in [0.5, 0.6) is 23.0 Å². The van der Waals surface area contributed by atoms with Gasteiger partial charge in [-0.1, -0.05) is 17.7 Å². The molecule has 0 bridgehead atoms. The molecule has 0 fully saturated rings. The first-order valence-electron chi connectivity index (χ1n) is 8.41. The van der Waals surface area contributed by atoms with Crippen LogP contribution >= 0.6 is 0 Å². The van der Waals surface area contributed by atoms with E-state index in [9.17, 15) is 4.79 Å². The molecule has 144 valence electrons.